The smallest absolute Gasteiger partial charge is 0.309 e. The molecule has 0 unspecified atom stereocenters. The predicted octanol–water partition coefficient (Wildman–Crippen LogP) is 5.00. The maximum Gasteiger partial charge on any atom is 0.309 e. The number of pyridine rings is 1. The monoisotopic (exact) mass is 526 g/mol. The van der Waals surface area contributed by atoms with Crippen LogP contribution in [0.2, 0.25) is 0 Å². The highest BCUT2D eigenvalue weighted by molar-refractivity contribution is 5.85. The van der Waals surface area contributed by atoms with Crippen molar-refractivity contribution in [3.8, 4) is 17.6 Å². The Labute approximate surface area is 219 Å². The molecule has 9 heteroatoms. The number of ether oxygens (including phenoxy) is 1. The summed E-state index contributed by atoms with van der Waals surface area (Å²) in [5, 5.41) is 22.0. The highest BCUT2D eigenvalue weighted by Gasteiger charge is 2.41. The maximum absolute atomic E-state index is 13.8. The minimum absolute atomic E-state index is 0.208. The number of carboxylic acids is 1. The second-order valence-corrected chi connectivity index (χ2v) is 9.71. The van der Waals surface area contributed by atoms with Gasteiger partial charge < -0.3 is 14.9 Å². The van der Waals surface area contributed by atoms with E-state index < -0.39 is 34.9 Å². The minimum atomic E-state index is -1.30. The molecule has 1 atom stereocenters. The van der Waals surface area contributed by atoms with Crippen LogP contribution in [0.3, 0.4) is 0 Å². The van der Waals surface area contributed by atoms with Gasteiger partial charge in [0.1, 0.15) is 11.6 Å². The third-order valence-electron chi connectivity index (χ3n) is 7.33. The number of nitrogens with zero attached hydrogens (tertiary/aromatic N) is 2. The van der Waals surface area contributed by atoms with E-state index >= 15 is 0 Å². The van der Waals surface area contributed by atoms with Gasteiger partial charge in [-0.1, -0.05) is 11.8 Å². The summed E-state index contributed by atoms with van der Waals surface area (Å²) in [6.45, 7) is 2.94. The number of aryl methyl sites for hydroxylation is 1. The Morgan fingerprint density at radius 3 is 2.63 bits per heavy atom. The summed E-state index contributed by atoms with van der Waals surface area (Å²) in [6, 6.07) is 6.74. The lowest BCUT2D eigenvalue weighted by Crippen LogP contribution is -2.44. The molecule has 2 heterocycles. The molecule has 0 bridgehead atoms. The standard InChI is InChI=1S/C29H29F3N2O4/c1-18-17-33-24-6-5-21(38-2)16-22(24)26(18)25(35)7-8-29(28(36)37)9-12-34(13-10-29)11-3-4-19-14-20(30)15-23(31)27(19)32/h5-6,14-17,25,35H,7-13H2,1-2H3,(H,36,37)/t25-/m1/s1. The molecule has 2 aromatic carbocycles. The molecule has 0 radical (unpaired) electrons. The Kier molecular flexibility index (Phi) is 8.24. The molecular weight excluding hydrogens is 497 g/mol. The number of aliphatic hydroxyl groups excluding tert-OH is 1. The van der Waals surface area contributed by atoms with Crippen LogP contribution in [0.5, 0.6) is 5.75 Å². The molecule has 1 saturated heterocycles. The van der Waals surface area contributed by atoms with Gasteiger partial charge in [0.2, 0.25) is 0 Å². The largest absolute Gasteiger partial charge is 0.497 e. The molecule has 3 aromatic rings. The predicted molar refractivity (Wildman–Crippen MR) is 136 cm³/mol. The third kappa shape index (κ3) is 5.77. The first kappa shape index (κ1) is 27.4. The number of likely N-dealkylation sites (tertiary alicyclic amines) is 1. The molecule has 1 fully saturated rings. The van der Waals surface area contributed by atoms with Gasteiger partial charge in [-0.2, -0.15) is 0 Å². The van der Waals surface area contributed by atoms with E-state index in [0.717, 1.165) is 17.0 Å². The normalized spacial score (nSPS) is 16.1. The summed E-state index contributed by atoms with van der Waals surface area (Å²) >= 11 is 0. The summed E-state index contributed by atoms with van der Waals surface area (Å²) < 4.78 is 45.9. The molecule has 0 aliphatic carbocycles. The van der Waals surface area contributed by atoms with Gasteiger partial charge in [-0.05, 0) is 68.0 Å². The van der Waals surface area contributed by atoms with E-state index in [2.05, 4.69) is 16.8 Å². The fourth-order valence-electron chi connectivity index (χ4n) is 5.02. The number of carbonyl (C=O) groups is 1. The summed E-state index contributed by atoms with van der Waals surface area (Å²) in [4.78, 5) is 18.7. The van der Waals surface area contributed by atoms with Crippen molar-refractivity contribution in [3.05, 3.63) is 70.7 Å². The molecule has 0 saturated carbocycles. The molecule has 1 aliphatic rings. The molecule has 1 aromatic heterocycles. The number of piperidine rings is 1. The van der Waals surface area contributed by atoms with Crippen molar-refractivity contribution in [3.63, 3.8) is 0 Å². The number of aromatic nitrogens is 1. The Balaban J connectivity index is 1.42. The number of hydrogen-bond acceptors (Lipinski definition) is 5. The zero-order valence-corrected chi connectivity index (χ0v) is 21.2. The summed E-state index contributed by atoms with van der Waals surface area (Å²) in [6.07, 6.45) is 2.06. The van der Waals surface area contributed by atoms with E-state index in [1.807, 2.05) is 24.0 Å². The average molecular weight is 527 g/mol. The van der Waals surface area contributed by atoms with Crippen LogP contribution < -0.4 is 4.74 Å². The summed E-state index contributed by atoms with van der Waals surface area (Å²) in [5.41, 5.74) is 0.879. The Morgan fingerprint density at radius 1 is 1.21 bits per heavy atom. The van der Waals surface area contributed by atoms with Crippen molar-refractivity contribution in [1.82, 2.24) is 9.88 Å². The van der Waals surface area contributed by atoms with Crippen LogP contribution in [-0.2, 0) is 4.79 Å². The fraction of sp³-hybridized carbons (Fsp3) is 0.379. The van der Waals surface area contributed by atoms with Crippen molar-refractivity contribution < 1.29 is 32.9 Å². The van der Waals surface area contributed by atoms with Gasteiger partial charge >= 0.3 is 5.97 Å². The summed E-state index contributed by atoms with van der Waals surface area (Å²) in [5.74, 6) is 1.51. The second-order valence-electron chi connectivity index (χ2n) is 9.71. The van der Waals surface area contributed by atoms with E-state index in [1.165, 1.54) is 0 Å². The van der Waals surface area contributed by atoms with Crippen LogP contribution in [-0.4, -0.2) is 52.8 Å². The topological polar surface area (TPSA) is 82.9 Å². The van der Waals surface area contributed by atoms with E-state index in [9.17, 15) is 28.2 Å². The van der Waals surface area contributed by atoms with Crippen LogP contribution in [0.4, 0.5) is 13.2 Å². The number of rotatable bonds is 7. The van der Waals surface area contributed by atoms with Gasteiger partial charge in [-0.3, -0.25) is 14.7 Å². The van der Waals surface area contributed by atoms with Gasteiger partial charge in [-0.15, -0.1) is 0 Å². The lowest BCUT2D eigenvalue weighted by molar-refractivity contribution is -0.153. The van der Waals surface area contributed by atoms with E-state index in [-0.39, 0.29) is 24.9 Å². The fourth-order valence-corrected chi connectivity index (χ4v) is 5.02. The van der Waals surface area contributed by atoms with Gasteiger partial charge in [0, 0.05) is 30.7 Å². The van der Waals surface area contributed by atoms with Crippen molar-refractivity contribution >= 4 is 16.9 Å². The number of fused-ring (bicyclic) bond motifs is 1. The van der Waals surface area contributed by atoms with Crippen molar-refractivity contribution in [1.29, 1.82) is 0 Å². The number of carboxylic acid groups (broad SMARTS) is 1. The molecule has 0 spiro atoms. The number of methoxy groups -OCH3 is 1. The highest BCUT2D eigenvalue weighted by atomic mass is 19.2. The lowest BCUT2D eigenvalue weighted by Gasteiger charge is -2.38. The van der Waals surface area contributed by atoms with Crippen LogP contribution in [0.1, 0.15) is 48.5 Å². The molecule has 2 N–H and O–H groups in total. The SMILES string of the molecule is COc1ccc2ncc(C)c([C@H](O)CCC3(C(=O)O)CCN(CC#Cc4cc(F)cc(F)c4F)CC3)c2c1. The van der Waals surface area contributed by atoms with Crippen LogP contribution in [0.15, 0.2) is 36.5 Å². The number of hydrogen-bond donors (Lipinski definition) is 2. The van der Waals surface area contributed by atoms with E-state index in [4.69, 9.17) is 4.74 Å². The maximum atomic E-state index is 13.8. The molecule has 1 aliphatic heterocycles. The van der Waals surface area contributed by atoms with Crippen LogP contribution in [0, 0.1) is 41.6 Å². The first-order chi connectivity index (χ1) is 18.1. The lowest BCUT2D eigenvalue weighted by atomic mass is 9.74. The van der Waals surface area contributed by atoms with Gasteiger partial charge in [0.05, 0.1) is 36.3 Å². The van der Waals surface area contributed by atoms with Gasteiger partial charge in [-0.25, -0.2) is 13.2 Å². The van der Waals surface area contributed by atoms with Gasteiger partial charge in [0.25, 0.3) is 0 Å². The van der Waals surface area contributed by atoms with Crippen molar-refractivity contribution in [2.24, 2.45) is 5.41 Å². The van der Waals surface area contributed by atoms with Crippen molar-refractivity contribution in [2.75, 3.05) is 26.7 Å². The van der Waals surface area contributed by atoms with Crippen LogP contribution >= 0.6 is 0 Å². The molecule has 4 rings (SSSR count). The number of halogens is 3. The zero-order valence-electron chi connectivity index (χ0n) is 21.2. The van der Waals surface area contributed by atoms with E-state index in [1.54, 1.807) is 19.4 Å². The Bertz CT molecular complexity index is 1410. The zero-order chi connectivity index (χ0) is 27.4. The van der Waals surface area contributed by atoms with Crippen LogP contribution in [0.25, 0.3) is 10.9 Å². The molecular formula is C29H29F3N2O4. The average Bonchev–Trinajstić information content (AvgIpc) is 2.90. The highest BCUT2D eigenvalue weighted by Crippen LogP contribution is 2.40. The molecule has 6 nitrogen and oxygen atoms in total. The second kappa shape index (κ2) is 11.4. The molecule has 200 valence electrons. The third-order valence-corrected chi connectivity index (χ3v) is 7.33. The van der Waals surface area contributed by atoms with Gasteiger partial charge in [0.15, 0.2) is 11.6 Å². The Hall–Kier alpha value is -3.61. The van der Waals surface area contributed by atoms with Crippen molar-refractivity contribution in [2.45, 2.75) is 38.7 Å². The number of aliphatic carboxylic acids is 1. The number of benzene rings is 2. The first-order valence-corrected chi connectivity index (χ1v) is 12.3. The summed E-state index contributed by atoms with van der Waals surface area (Å²) in [7, 11) is 1.56. The first-order valence-electron chi connectivity index (χ1n) is 12.3. The quantitative estimate of drug-likeness (QED) is 0.333. The number of aliphatic hydroxyl groups is 1. The molecule has 0 amide bonds. The Morgan fingerprint density at radius 2 is 1.95 bits per heavy atom. The minimum Gasteiger partial charge on any atom is -0.497 e. The molecule has 38 heavy (non-hydrogen) atoms. The van der Waals surface area contributed by atoms with E-state index in [0.29, 0.717) is 48.8 Å².